The Morgan fingerprint density at radius 3 is 2.97 bits per heavy atom. The summed E-state index contributed by atoms with van der Waals surface area (Å²) in [5.41, 5.74) is 5.94. The zero-order chi connectivity index (χ0) is 22.0. The molecule has 1 saturated heterocycles. The minimum atomic E-state index is -1.07. The molecular formula is C21H19F2N5O2S. The summed E-state index contributed by atoms with van der Waals surface area (Å²) in [5.74, 6) is -0.965. The lowest BCUT2D eigenvalue weighted by Gasteiger charge is -2.47. The molecule has 0 unspecified atom stereocenters. The van der Waals surface area contributed by atoms with Crippen molar-refractivity contribution in [1.82, 2.24) is 4.98 Å². The van der Waals surface area contributed by atoms with E-state index in [2.05, 4.69) is 15.3 Å². The molecule has 31 heavy (non-hydrogen) atoms. The molecule has 0 saturated carbocycles. The van der Waals surface area contributed by atoms with Crippen molar-refractivity contribution in [3.8, 4) is 6.07 Å². The summed E-state index contributed by atoms with van der Waals surface area (Å²) in [6.07, 6.45) is 0.935. The molecule has 1 amide bonds. The number of halogens is 2. The molecule has 2 aliphatic rings. The summed E-state index contributed by atoms with van der Waals surface area (Å²) in [6.45, 7) is -0.484. The fourth-order valence-electron chi connectivity index (χ4n) is 4.03. The number of ether oxygens (including phenoxy) is 1. The van der Waals surface area contributed by atoms with Gasteiger partial charge in [0, 0.05) is 42.1 Å². The second-order valence-corrected chi connectivity index (χ2v) is 8.34. The van der Waals surface area contributed by atoms with E-state index in [9.17, 15) is 9.18 Å². The number of nitrogens with two attached hydrogens (primary N) is 1. The maximum atomic E-state index is 15.0. The van der Waals surface area contributed by atoms with E-state index in [4.69, 9.17) is 15.7 Å². The lowest BCUT2D eigenvalue weighted by Crippen LogP contribution is -2.52. The summed E-state index contributed by atoms with van der Waals surface area (Å²) in [4.78, 5) is 21.1. The predicted octanol–water partition coefficient (Wildman–Crippen LogP) is 2.98. The highest BCUT2D eigenvalue weighted by Crippen LogP contribution is 2.48. The van der Waals surface area contributed by atoms with Crippen molar-refractivity contribution in [2.45, 2.75) is 18.1 Å². The van der Waals surface area contributed by atoms with Gasteiger partial charge in [-0.3, -0.25) is 9.79 Å². The van der Waals surface area contributed by atoms with Crippen LogP contribution in [0.4, 0.5) is 14.5 Å². The Kier molecular flexibility index (Phi) is 5.89. The number of nitriles is 1. The summed E-state index contributed by atoms with van der Waals surface area (Å²) in [5, 5.41) is 11.9. The number of carbonyl (C=O) groups is 1. The zero-order valence-electron chi connectivity index (χ0n) is 16.3. The number of alkyl halides is 1. The van der Waals surface area contributed by atoms with Crippen molar-refractivity contribution >= 4 is 28.5 Å². The number of pyridine rings is 1. The van der Waals surface area contributed by atoms with Crippen LogP contribution in [-0.4, -0.2) is 41.2 Å². The van der Waals surface area contributed by atoms with Gasteiger partial charge in [-0.25, -0.2) is 13.8 Å². The van der Waals surface area contributed by atoms with Crippen LogP contribution in [0.5, 0.6) is 0 Å². The SMILES string of the molecule is N#Cc1ccc(C(=O)Nc2ccc(F)c([C@@]34CCO[C@@H](CF)[C@H]3CSC(N)=N4)c2)nc1. The van der Waals surface area contributed by atoms with Crippen molar-refractivity contribution in [3.63, 3.8) is 0 Å². The van der Waals surface area contributed by atoms with Crippen LogP contribution in [0.3, 0.4) is 0 Å². The maximum Gasteiger partial charge on any atom is 0.274 e. The van der Waals surface area contributed by atoms with Gasteiger partial charge in [-0.05, 0) is 30.3 Å². The quantitative estimate of drug-likeness (QED) is 0.751. The molecule has 4 rings (SSSR count). The molecule has 10 heteroatoms. The van der Waals surface area contributed by atoms with Gasteiger partial charge < -0.3 is 15.8 Å². The van der Waals surface area contributed by atoms with Crippen LogP contribution in [0, 0.1) is 23.1 Å². The van der Waals surface area contributed by atoms with Crippen molar-refractivity contribution in [3.05, 3.63) is 59.2 Å². The standard InChI is InChI=1S/C21H19F2N5O2S/c22-8-18-15-11-31-20(25)28-21(15,5-6-30-18)14-7-13(2-3-16(14)23)27-19(29)17-4-1-12(9-24)10-26-17/h1-4,7,10,15,18H,5-6,8,11H2,(H2,25,28)(H,27,29)/t15-,18+,21+/m1/s1. The van der Waals surface area contributed by atoms with Gasteiger partial charge in [0.05, 0.1) is 17.2 Å². The average molecular weight is 443 g/mol. The van der Waals surface area contributed by atoms with E-state index in [0.29, 0.717) is 28.6 Å². The molecule has 0 aliphatic carbocycles. The molecular weight excluding hydrogens is 424 g/mol. The van der Waals surface area contributed by atoms with Crippen LogP contribution in [-0.2, 0) is 10.3 Å². The number of benzene rings is 1. The fourth-order valence-corrected chi connectivity index (χ4v) is 5.10. The van der Waals surface area contributed by atoms with Gasteiger partial charge in [-0.15, -0.1) is 0 Å². The highest BCUT2D eigenvalue weighted by Gasteiger charge is 2.51. The number of amidine groups is 1. The first kappa shape index (κ1) is 21.2. The zero-order valence-corrected chi connectivity index (χ0v) is 17.2. The molecule has 2 aromatic rings. The van der Waals surface area contributed by atoms with Crippen LogP contribution in [0.2, 0.25) is 0 Å². The summed E-state index contributed by atoms with van der Waals surface area (Å²) in [6, 6.07) is 9.04. The Morgan fingerprint density at radius 1 is 1.42 bits per heavy atom. The van der Waals surface area contributed by atoms with Gasteiger partial charge in [0.1, 0.15) is 24.3 Å². The van der Waals surface area contributed by atoms with Crippen molar-refractivity contribution in [2.24, 2.45) is 16.6 Å². The fraction of sp³-hybridized carbons (Fsp3) is 0.333. The molecule has 3 atom stereocenters. The van der Waals surface area contributed by atoms with E-state index in [1.54, 1.807) is 0 Å². The number of hydrogen-bond donors (Lipinski definition) is 2. The maximum absolute atomic E-state index is 15.0. The molecule has 160 valence electrons. The Balaban J connectivity index is 1.69. The highest BCUT2D eigenvalue weighted by molar-refractivity contribution is 8.13. The third-order valence-electron chi connectivity index (χ3n) is 5.57. The summed E-state index contributed by atoms with van der Waals surface area (Å²) >= 11 is 1.29. The number of aromatic nitrogens is 1. The minimum absolute atomic E-state index is 0.112. The van der Waals surface area contributed by atoms with Crippen LogP contribution in [0.1, 0.15) is 28.0 Å². The Morgan fingerprint density at radius 2 is 2.26 bits per heavy atom. The second kappa shape index (κ2) is 8.61. The van der Waals surface area contributed by atoms with E-state index in [-0.39, 0.29) is 17.9 Å². The van der Waals surface area contributed by atoms with Crippen LogP contribution in [0.25, 0.3) is 0 Å². The van der Waals surface area contributed by atoms with E-state index >= 15 is 4.39 Å². The van der Waals surface area contributed by atoms with Gasteiger partial charge in [-0.2, -0.15) is 5.26 Å². The highest BCUT2D eigenvalue weighted by atomic mass is 32.2. The van der Waals surface area contributed by atoms with Gasteiger partial charge in [-0.1, -0.05) is 11.8 Å². The average Bonchev–Trinajstić information content (AvgIpc) is 2.79. The molecule has 0 radical (unpaired) electrons. The first-order valence-electron chi connectivity index (χ1n) is 9.60. The number of anilines is 1. The summed E-state index contributed by atoms with van der Waals surface area (Å²) < 4.78 is 34.2. The molecule has 1 aromatic heterocycles. The lowest BCUT2D eigenvalue weighted by atomic mass is 9.72. The van der Waals surface area contributed by atoms with Gasteiger partial charge in [0.15, 0.2) is 5.17 Å². The number of fused-ring (bicyclic) bond motifs is 1. The number of hydrogen-bond acceptors (Lipinski definition) is 7. The number of amides is 1. The van der Waals surface area contributed by atoms with Gasteiger partial charge >= 0.3 is 0 Å². The van der Waals surface area contributed by atoms with Crippen LogP contribution >= 0.6 is 11.8 Å². The predicted molar refractivity (Wildman–Crippen MR) is 113 cm³/mol. The Bertz CT molecular complexity index is 1070. The number of rotatable bonds is 4. The molecule has 7 nitrogen and oxygen atoms in total. The number of nitrogens with one attached hydrogen (secondary N) is 1. The molecule has 3 heterocycles. The number of aliphatic imine (C=N–C) groups is 1. The number of thioether (sulfide) groups is 1. The summed E-state index contributed by atoms with van der Waals surface area (Å²) in [7, 11) is 0. The van der Waals surface area contributed by atoms with E-state index < -0.39 is 36.0 Å². The molecule has 2 aliphatic heterocycles. The normalized spacial score (nSPS) is 25.1. The van der Waals surface area contributed by atoms with Gasteiger partial charge in [0.2, 0.25) is 0 Å². The third-order valence-corrected chi connectivity index (χ3v) is 6.48. The first-order valence-corrected chi connectivity index (χ1v) is 10.6. The largest absolute Gasteiger partial charge is 0.379 e. The minimum Gasteiger partial charge on any atom is -0.379 e. The topological polar surface area (TPSA) is 113 Å². The van der Waals surface area contributed by atoms with Crippen molar-refractivity contribution in [2.75, 3.05) is 24.4 Å². The smallest absolute Gasteiger partial charge is 0.274 e. The number of nitrogens with zero attached hydrogens (tertiary/aromatic N) is 3. The molecule has 0 spiro atoms. The van der Waals surface area contributed by atoms with Crippen LogP contribution < -0.4 is 11.1 Å². The van der Waals surface area contributed by atoms with Crippen molar-refractivity contribution < 1.29 is 18.3 Å². The van der Waals surface area contributed by atoms with E-state index in [1.807, 2.05) is 6.07 Å². The Hall–Kier alpha value is -3.03. The molecule has 1 aromatic carbocycles. The van der Waals surface area contributed by atoms with E-state index in [1.165, 1.54) is 48.3 Å². The van der Waals surface area contributed by atoms with Crippen molar-refractivity contribution in [1.29, 1.82) is 5.26 Å². The van der Waals surface area contributed by atoms with Crippen LogP contribution in [0.15, 0.2) is 41.5 Å². The monoisotopic (exact) mass is 443 g/mol. The molecule has 3 N–H and O–H groups in total. The number of carbonyl (C=O) groups excluding carboxylic acids is 1. The van der Waals surface area contributed by atoms with E-state index in [0.717, 1.165) is 0 Å². The lowest BCUT2D eigenvalue weighted by molar-refractivity contribution is -0.0714. The molecule has 1 fully saturated rings. The third kappa shape index (κ3) is 3.98. The van der Waals surface area contributed by atoms with Gasteiger partial charge in [0.25, 0.3) is 5.91 Å². The second-order valence-electron chi connectivity index (χ2n) is 7.30. The molecule has 0 bridgehead atoms. The Labute approximate surface area is 181 Å². The first-order chi connectivity index (χ1) is 15.0.